The van der Waals surface area contributed by atoms with Crippen molar-refractivity contribution in [2.24, 2.45) is 0 Å². The molecule has 0 saturated carbocycles. The van der Waals surface area contributed by atoms with Crippen molar-refractivity contribution in [3.63, 3.8) is 0 Å². The fourth-order valence-corrected chi connectivity index (χ4v) is 4.15. The van der Waals surface area contributed by atoms with Crippen molar-refractivity contribution in [1.29, 1.82) is 0 Å². The molecule has 7 nitrogen and oxygen atoms in total. The topological polar surface area (TPSA) is 70.6 Å². The van der Waals surface area contributed by atoms with Crippen LogP contribution in [0.2, 0.25) is 0 Å². The molecule has 4 rings (SSSR count). The summed E-state index contributed by atoms with van der Waals surface area (Å²) in [5.74, 6) is 7.83. The van der Waals surface area contributed by atoms with Crippen molar-refractivity contribution in [3.05, 3.63) is 65.6 Å². The summed E-state index contributed by atoms with van der Waals surface area (Å²) in [6.45, 7) is 10.4. The molecule has 3 aromatic rings. The van der Waals surface area contributed by atoms with Gasteiger partial charge in [-0.05, 0) is 44.0 Å². The lowest BCUT2D eigenvalue weighted by molar-refractivity contribution is 0.0960. The number of aromatic nitrogens is 3. The van der Waals surface area contributed by atoms with Crippen LogP contribution in [0.5, 0.6) is 0 Å². The Bertz CT molecular complexity index is 1070. The summed E-state index contributed by atoms with van der Waals surface area (Å²) in [5, 5.41) is 13.8. The third-order valence-electron chi connectivity index (χ3n) is 5.84. The second-order valence-electron chi connectivity index (χ2n) is 8.44. The SMILES string of the molecule is CCc1nccn1Cc1cc(C#Cc2ccc(N3CCN(CC(C)O)C(C)C3)cc2)on1. The molecule has 0 bridgehead atoms. The fraction of sp³-hybridized carbons (Fsp3) is 0.440. The van der Waals surface area contributed by atoms with Crippen LogP contribution in [0.15, 0.2) is 47.2 Å². The van der Waals surface area contributed by atoms with Crippen LogP contribution in [0.3, 0.4) is 0 Å². The number of imidazole rings is 1. The average molecular weight is 434 g/mol. The Morgan fingerprint density at radius 1 is 1.22 bits per heavy atom. The molecule has 1 N–H and O–H groups in total. The standard InChI is InChI=1S/C25H31N5O2/c1-4-25-26-11-12-30(25)18-22-15-24(32-27-22)10-7-21-5-8-23(9-6-21)29-14-13-28(17-20(3)31)19(2)16-29/h5-6,8-9,11-12,15,19-20,31H,4,13-14,16-18H2,1-3H3. The largest absolute Gasteiger partial charge is 0.392 e. The maximum Gasteiger partial charge on any atom is 0.210 e. The van der Waals surface area contributed by atoms with Gasteiger partial charge in [0.25, 0.3) is 0 Å². The smallest absolute Gasteiger partial charge is 0.210 e. The lowest BCUT2D eigenvalue weighted by Crippen LogP contribution is -2.53. The third-order valence-corrected chi connectivity index (χ3v) is 5.84. The monoisotopic (exact) mass is 433 g/mol. The lowest BCUT2D eigenvalue weighted by Gasteiger charge is -2.41. The Hall–Kier alpha value is -3.08. The number of nitrogens with zero attached hydrogens (tertiary/aromatic N) is 5. The van der Waals surface area contributed by atoms with Crippen molar-refractivity contribution in [2.45, 2.75) is 45.9 Å². The minimum atomic E-state index is -0.290. The molecular weight excluding hydrogens is 402 g/mol. The first-order valence-electron chi connectivity index (χ1n) is 11.3. The summed E-state index contributed by atoms with van der Waals surface area (Å²) >= 11 is 0. The summed E-state index contributed by atoms with van der Waals surface area (Å²) in [5.41, 5.74) is 2.98. The van der Waals surface area contributed by atoms with Crippen LogP contribution in [-0.2, 0) is 13.0 Å². The summed E-state index contributed by atoms with van der Waals surface area (Å²) in [6.07, 6.45) is 4.35. The Morgan fingerprint density at radius 3 is 2.75 bits per heavy atom. The minimum absolute atomic E-state index is 0.290. The average Bonchev–Trinajstić information content (AvgIpc) is 3.43. The first kappa shape index (κ1) is 22.1. The molecule has 2 atom stereocenters. The number of rotatable bonds is 6. The van der Waals surface area contributed by atoms with Gasteiger partial charge in [-0.3, -0.25) is 4.90 Å². The maximum atomic E-state index is 9.67. The van der Waals surface area contributed by atoms with Crippen LogP contribution in [0, 0.1) is 11.8 Å². The molecule has 1 saturated heterocycles. The Balaban J connectivity index is 1.36. The van der Waals surface area contributed by atoms with E-state index in [1.165, 1.54) is 5.69 Å². The van der Waals surface area contributed by atoms with E-state index in [2.05, 4.69) is 62.3 Å². The quantitative estimate of drug-likeness (QED) is 0.603. The lowest BCUT2D eigenvalue weighted by atomic mass is 10.1. The van der Waals surface area contributed by atoms with Crippen LogP contribution in [0.1, 0.15) is 43.6 Å². The minimum Gasteiger partial charge on any atom is -0.392 e. The van der Waals surface area contributed by atoms with Gasteiger partial charge in [0.05, 0.1) is 12.6 Å². The van der Waals surface area contributed by atoms with Crippen molar-refractivity contribution in [2.75, 3.05) is 31.1 Å². The van der Waals surface area contributed by atoms with Crippen LogP contribution in [0.4, 0.5) is 5.69 Å². The first-order valence-corrected chi connectivity index (χ1v) is 11.3. The van der Waals surface area contributed by atoms with Gasteiger partial charge >= 0.3 is 0 Å². The van der Waals surface area contributed by atoms with E-state index >= 15 is 0 Å². The number of aliphatic hydroxyl groups is 1. The normalized spacial score (nSPS) is 17.8. The van der Waals surface area contributed by atoms with Gasteiger partial charge in [0.1, 0.15) is 11.5 Å². The first-order chi connectivity index (χ1) is 15.5. The van der Waals surface area contributed by atoms with E-state index in [0.717, 1.165) is 49.7 Å². The van der Waals surface area contributed by atoms with E-state index < -0.39 is 0 Å². The number of anilines is 1. The van der Waals surface area contributed by atoms with Crippen LogP contribution >= 0.6 is 0 Å². The van der Waals surface area contributed by atoms with Crippen molar-refractivity contribution >= 4 is 5.69 Å². The summed E-state index contributed by atoms with van der Waals surface area (Å²) < 4.78 is 7.46. The number of hydrogen-bond acceptors (Lipinski definition) is 6. The van der Waals surface area contributed by atoms with Crippen LogP contribution in [0.25, 0.3) is 0 Å². The number of piperazine rings is 1. The number of hydrogen-bond donors (Lipinski definition) is 1. The van der Waals surface area contributed by atoms with Gasteiger partial charge in [-0.15, -0.1) is 0 Å². The molecule has 0 aliphatic carbocycles. The molecule has 32 heavy (non-hydrogen) atoms. The van der Waals surface area contributed by atoms with E-state index in [9.17, 15) is 5.11 Å². The van der Waals surface area contributed by atoms with Gasteiger partial charge in [-0.1, -0.05) is 18.0 Å². The molecule has 0 radical (unpaired) electrons. The predicted molar refractivity (Wildman–Crippen MR) is 125 cm³/mol. The van der Waals surface area contributed by atoms with Crippen LogP contribution < -0.4 is 4.90 Å². The zero-order valence-corrected chi connectivity index (χ0v) is 19.0. The van der Waals surface area contributed by atoms with Gasteiger partial charge in [-0.25, -0.2) is 4.98 Å². The molecule has 3 heterocycles. The molecule has 2 unspecified atom stereocenters. The van der Waals surface area contributed by atoms with E-state index in [1.807, 2.05) is 31.3 Å². The van der Waals surface area contributed by atoms with Gasteiger partial charge in [0.2, 0.25) is 5.76 Å². The van der Waals surface area contributed by atoms with E-state index in [4.69, 9.17) is 4.52 Å². The number of aliphatic hydroxyl groups excluding tert-OH is 1. The van der Waals surface area contributed by atoms with Crippen molar-refractivity contribution < 1.29 is 9.63 Å². The van der Waals surface area contributed by atoms with Crippen LogP contribution in [-0.4, -0.2) is 63.0 Å². The Kier molecular flexibility index (Phi) is 6.93. The second kappa shape index (κ2) is 10.0. The third kappa shape index (κ3) is 5.39. The highest BCUT2D eigenvalue weighted by Crippen LogP contribution is 2.20. The number of β-amino-alcohol motifs (C(OH)–C–C–N with tert-alkyl or cyclic N) is 1. The molecule has 2 aromatic heterocycles. The molecule has 168 valence electrons. The highest BCUT2D eigenvalue weighted by Gasteiger charge is 2.24. The van der Waals surface area contributed by atoms with Gasteiger partial charge in [0, 0.05) is 68.4 Å². The Morgan fingerprint density at radius 2 is 2.03 bits per heavy atom. The molecule has 1 aliphatic heterocycles. The summed E-state index contributed by atoms with van der Waals surface area (Å²) in [7, 11) is 0. The molecular formula is C25H31N5O2. The molecule has 0 spiro atoms. The molecule has 1 aliphatic rings. The molecule has 7 heteroatoms. The van der Waals surface area contributed by atoms with Gasteiger partial charge < -0.3 is 19.1 Å². The number of aryl methyl sites for hydroxylation is 1. The zero-order chi connectivity index (χ0) is 22.5. The van der Waals surface area contributed by atoms with E-state index in [-0.39, 0.29) is 6.10 Å². The van der Waals surface area contributed by atoms with Gasteiger partial charge in [0.15, 0.2) is 0 Å². The molecule has 1 aromatic carbocycles. The van der Waals surface area contributed by atoms with Gasteiger partial charge in [-0.2, -0.15) is 0 Å². The maximum absolute atomic E-state index is 9.67. The van der Waals surface area contributed by atoms with E-state index in [0.29, 0.717) is 18.3 Å². The number of benzene rings is 1. The summed E-state index contributed by atoms with van der Waals surface area (Å²) in [6, 6.07) is 10.6. The highest BCUT2D eigenvalue weighted by atomic mass is 16.5. The van der Waals surface area contributed by atoms with Crippen molar-refractivity contribution in [3.8, 4) is 11.8 Å². The second-order valence-corrected chi connectivity index (χ2v) is 8.44. The van der Waals surface area contributed by atoms with E-state index in [1.54, 1.807) is 6.20 Å². The predicted octanol–water partition coefficient (Wildman–Crippen LogP) is 2.77. The fourth-order valence-electron chi connectivity index (χ4n) is 4.15. The zero-order valence-electron chi connectivity index (χ0n) is 19.0. The summed E-state index contributed by atoms with van der Waals surface area (Å²) in [4.78, 5) is 9.08. The molecule has 1 fully saturated rings. The Labute approximate surface area is 189 Å². The molecule has 0 amide bonds. The van der Waals surface area contributed by atoms with Crippen molar-refractivity contribution in [1.82, 2.24) is 19.6 Å². The highest BCUT2D eigenvalue weighted by molar-refractivity contribution is 5.51.